The third-order valence-corrected chi connectivity index (χ3v) is 2.58. The number of furan rings is 1. The molecule has 0 radical (unpaired) electrons. The van der Waals surface area contributed by atoms with Crippen LogP contribution in [0, 0.1) is 11.6 Å². The summed E-state index contributed by atoms with van der Waals surface area (Å²) in [6.07, 6.45) is 0.741. The van der Waals surface area contributed by atoms with Crippen molar-refractivity contribution < 1.29 is 13.2 Å². The maximum Gasteiger partial charge on any atom is 0.134 e. The molecular formula is C13H13F2NO. The zero-order chi connectivity index (χ0) is 12.4. The molecule has 0 saturated heterocycles. The van der Waals surface area contributed by atoms with E-state index in [1.54, 1.807) is 12.1 Å². The summed E-state index contributed by atoms with van der Waals surface area (Å²) in [6, 6.07) is 6.48. The Labute approximate surface area is 98.0 Å². The fourth-order valence-electron chi connectivity index (χ4n) is 1.60. The van der Waals surface area contributed by atoms with Crippen LogP contribution >= 0.6 is 0 Å². The molecule has 0 bridgehead atoms. The number of benzene rings is 1. The van der Waals surface area contributed by atoms with Gasteiger partial charge in [-0.25, -0.2) is 8.78 Å². The lowest BCUT2D eigenvalue weighted by Gasteiger charge is -2.04. The summed E-state index contributed by atoms with van der Waals surface area (Å²) >= 11 is 0. The molecule has 2 N–H and O–H groups in total. The Balaban J connectivity index is 2.36. The van der Waals surface area contributed by atoms with Crippen molar-refractivity contribution in [2.24, 2.45) is 5.73 Å². The lowest BCUT2D eigenvalue weighted by molar-refractivity contribution is 0.469. The smallest absolute Gasteiger partial charge is 0.134 e. The normalized spacial score (nSPS) is 12.7. The van der Waals surface area contributed by atoms with Crippen molar-refractivity contribution in [3.8, 4) is 11.3 Å². The number of hydrogen-bond donors (Lipinski definition) is 1. The SMILES string of the molecule is CCC(N)c1ccc(-c2cc(F)cc(F)c2)o1. The number of hydrogen-bond acceptors (Lipinski definition) is 2. The molecule has 0 aliphatic heterocycles. The van der Waals surface area contributed by atoms with E-state index in [1.807, 2.05) is 6.92 Å². The van der Waals surface area contributed by atoms with Crippen molar-refractivity contribution in [1.29, 1.82) is 0 Å². The molecule has 1 atom stereocenters. The highest BCUT2D eigenvalue weighted by Crippen LogP contribution is 2.26. The summed E-state index contributed by atoms with van der Waals surface area (Å²) in [7, 11) is 0. The fourth-order valence-corrected chi connectivity index (χ4v) is 1.60. The van der Waals surface area contributed by atoms with Crippen molar-refractivity contribution in [2.75, 3.05) is 0 Å². The zero-order valence-corrected chi connectivity index (χ0v) is 9.41. The van der Waals surface area contributed by atoms with Crippen LogP contribution in [0.15, 0.2) is 34.7 Å². The second-order valence-electron chi connectivity index (χ2n) is 3.87. The second kappa shape index (κ2) is 4.67. The molecule has 0 aliphatic carbocycles. The first-order valence-electron chi connectivity index (χ1n) is 5.42. The summed E-state index contributed by atoms with van der Waals surface area (Å²) < 4.78 is 31.6. The maximum absolute atomic E-state index is 13.0. The first-order chi connectivity index (χ1) is 8.10. The van der Waals surface area contributed by atoms with Crippen LogP contribution in [0.2, 0.25) is 0 Å². The minimum Gasteiger partial charge on any atom is -0.459 e. The van der Waals surface area contributed by atoms with Crippen molar-refractivity contribution in [2.45, 2.75) is 19.4 Å². The molecule has 1 aromatic heterocycles. The molecule has 2 aromatic rings. The summed E-state index contributed by atoms with van der Waals surface area (Å²) in [5.41, 5.74) is 6.18. The van der Waals surface area contributed by atoms with Crippen LogP contribution in [-0.2, 0) is 0 Å². The average Bonchev–Trinajstić information content (AvgIpc) is 2.76. The largest absolute Gasteiger partial charge is 0.459 e. The molecule has 0 aliphatic rings. The van der Waals surface area contributed by atoms with Crippen molar-refractivity contribution in [3.05, 3.63) is 47.7 Å². The van der Waals surface area contributed by atoms with Crippen LogP contribution in [0.5, 0.6) is 0 Å². The van der Waals surface area contributed by atoms with Crippen LogP contribution < -0.4 is 5.73 Å². The van der Waals surface area contributed by atoms with Gasteiger partial charge in [0, 0.05) is 11.6 Å². The summed E-state index contributed by atoms with van der Waals surface area (Å²) in [5.74, 6) is -0.218. The third-order valence-electron chi connectivity index (χ3n) is 2.58. The van der Waals surface area contributed by atoms with E-state index in [0.717, 1.165) is 12.5 Å². The highest BCUT2D eigenvalue weighted by molar-refractivity contribution is 5.57. The highest BCUT2D eigenvalue weighted by atomic mass is 19.1. The monoisotopic (exact) mass is 237 g/mol. The standard InChI is InChI=1S/C13H13F2NO/c1-2-11(16)13-4-3-12(17-13)8-5-9(14)7-10(15)6-8/h3-7,11H,2,16H2,1H3. The fraction of sp³-hybridized carbons (Fsp3) is 0.231. The van der Waals surface area contributed by atoms with Crippen molar-refractivity contribution in [1.82, 2.24) is 0 Å². The number of rotatable bonds is 3. The maximum atomic E-state index is 13.0. The van der Waals surface area contributed by atoms with Crippen molar-refractivity contribution >= 4 is 0 Å². The van der Waals surface area contributed by atoms with E-state index in [1.165, 1.54) is 12.1 Å². The van der Waals surface area contributed by atoms with Gasteiger partial charge in [0.2, 0.25) is 0 Å². The molecule has 1 aromatic carbocycles. The Morgan fingerprint density at radius 3 is 2.41 bits per heavy atom. The Bertz CT molecular complexity index is 502. The average molecular weight is 237 g/mol. The van der Waals surface area contributed by atoms with E-state index in [4.69, 9.17) is 10.2 Å². The summed E-state index contributed by atoms with van der Waals surface area (Å²) in [6.45, 7) is 1.94. The van der Waals surface area contributed by atoms with Crippen LogP contribution in [0.25, 0.3) is 11.3 Å². The van der Waals surface area contributed by atoms with Crippen LogP contribution in [0.4, 0.5) is 8.78 Å². The number of halogens is 2. The van der Waals surface area contributed by atoms with Gasteiger partial charge in [-0.05, 0) is 30.7 Å². The van der Waals surface area contributed by atoms with Crippen LogP contribution in [0.3, 0.4) is 0 Å². The van der Waals surface area contributed by atoms with E-state index < -0.39 is 11.6 Å². The predicted molar refractivity (Wildman–Crippen MR) is 61.3 cm³/mol. The molecule has 2 rings (SSSR count). The molecule has 90 valence electrons. The van der Waals surface area contributed by atoms with Gasteiger partial charge in [0.05, 0.1) is 6.04 Å². The molecule has 2 nitrogen and oxygen atoms in total. The van der Waals surface area contributed by atoms with E-state index in [2.05, 4.69) is 0 Å². The summed E-state index contributed by atoms with van der Waals surface area (Å²) in [5, 5.41) is 0. The van der Waals surface area contributed by atoms with Gasteiger partial charge in [-0.15, -0.1) is 0 Å². The molecule has 1 unspecified atom stereocenters. The quantitative estimate of drug-likeness (QED) is 0.885. The minimum atomic E-state index is -0.627. The summed E-state index contributed by atoms with van der Waals surface area (Å²) in [4.78, 5) is 0. The molecule has 0 amide bonds. The first-order valence-corrected chi connectivity index (χ1v) is 5.42. The highest BCUT2D eigenvalue weighted by Gasteiger charge is 2.11. The molecule has 0 fully saturated rings. The first kappa shape index (κ1) is 11.8. The van der Waals surface area contributed by atoms with Gasteiger partial charge in [-0.1, -0.05) is 6.92 Å². The predicted octanol–water partition coefficient (Wildman–Crippen LogP) is 3.63. The number of nitrogens with two attached hydrogens (primary N) is 1. The Morgan fingerprint density at radius 1 is 1.18 bits per heavy atom. The van der Waals surface area contributed by atoms with Gasteiger partial charge < -0.3 is 10.2 Å². The molecule has 4 heteroatoms. The topological polar surface area (TPSA) is 39.2 Å². The Kier molecular flexibility index (Phi) is 3.24. The minimum absolute atomic E-state index is 0.192. The molecule has 17 heavy (non-hydrogen) atoms. The van der Waals surface area contributed by atoms with Gasteiger partial charge in [0.1, 0.15) is 23.2 Å². The third kappa shape index (κ3) is 2.53. The Morgan fingerprint density at radius 2 is 1.82 bits per heavy atom. The molecular weight excluding hydrogens is 224 g/mol. The van der Waals surface area contributed by atoms with E-state index in [-0.39, 0.29) is 6.04 Å². The molecule has 1 heterocycles. The van der Waals surface area contributed by atoms with Gasteiger partial charge in [0.25, 0.3) is 0 Å². The molecule has 0 saturated carbocycles. The zero-order valence-electron chi connectivity index (χ0n) is 9.41. The van der Waals surface area contributed by atoms with Gasteiger partial charge >= 0.3 is 0 Å². The lowest BCUT2D eigenvalue weighted by atomic mass is 10.1. The van der Waals surface area contributed by atoms with E-state index in [9.17, 15) is 8.78 Å². The van der Waals surface area contributed by atoms with E-state index in [0.29, 0.717) is 17.1 Å². The molecule has 0 spiro atoms. The second-order valence-corrected chi connectivity index (χ2v) is 3.87. The Hall–Kier alpha value is -1.68. The van der Waals surface area contributed by atoms with Gasteiger partial charge in [-0.2, -0.15) is 0 Å². The van der Waals surface area contributed by atoms with Crippen LogP contribution in [0.1, 0.15) is 25.1 Å². The van der Waals surface area contributed by atoms with Gasteiger partial charge in [-0.3, -0.25) is 0 Å². The van der Waals surface area contributed by atoms with Gasteiger partial charge in [0.15, 0.2) is 0 Å². The van der Waals surface area contributed by atoms with E-state index >= 15 is 0 Å². The van der Waals surface area contributed by atoms with Crippen LogP contribution in [-0.4, -0.2) is 0 Å². The lowest BCUT2D eigenvalue weighted by Crippen LogP contribution is -2.06. The van der Waals surface area contributed by atoms with Crippen molar-refractivity contribution in [3.63, 3.8) is 0 Å².